The molecule has 0 saturated heterocycles. The van der Waals surface area contributed by atoms with Crippen molar-refractivity contribution in [3.05, 3.63) is 92.4 Å². The summed E-state index contributed by atoms with van der Waals surface area (Å²) in [6.07, 6.45) is 1.43. The van der Waals surface area contributed by atoms with Gasteiger partial charge in [0, 0.05) is 5.69 Å². The van der Waals surface area contributed by atoms with Crippen LogP contribution in [0.15, 0.2) is 82.5 Å². The van der Waals surface area contributed by atoms with Crippen LogP contribution in [0.2, 0.25) is 10.0 Å². The summed E-state index contributed by atoms with van der Waals surface area (Å²) in [7, 11) is -4.00. The van der Waals surface area contributed by atoms with Crippen molar-refractivity contribution < 1.29 is 18.0 Å². The van der Waals surface area contributed by atoms with Crippen LogP contribution in [-0.4, -0.2) is 25.2 Å². The lowest BCUT2D eigenvalue weighted by molar-refractivity contribution is -0.120. The van der Waals surface area contributed by atoms with Gasteiger partial charge in [-0.3, -0.25) is 9.59 Å². The van der Waals surface area contributed by atoms with Crippen LogP contribution in [-0.2, 0) is 19.6 Å². The molecule has 1 N–H and O–H groups in total. The Balaban J connectivity index is 1.55. The lowest BCUT2D eigenvalue weighted by Gasteiger charge is -2.17. The Morgan fingerprint density at radius 3 is 2.27 bits per heavy atom. The number of halogens is 3. The second-order valence-corrected chi connectivity index (χ2v) is 9.38. The summed E-state index contributed by atoms with van der Waals surface area (Å²) >= 11 is 18.3. The summed E-state index contributed by atoms with van der Waals surface area (Å²) in [5.74, 6) is -1.47. The number of hydrogen-bond donors (Lipinski definition) is 1. The summed E-state index contributed by atoms with van der Waals surface area (Å²) < 4.78 is 28.6. The van der Waals surface area contributed by atoms with E-state index >= 15 is 0 Å². The zero-order chi connectivity index (χ0) is 23.8. The van der Waals surface area contributed by atoms with Gasteiger partial charge in [0.25, 0.3) is 11.8 Å². The van der Waals surface area contributed by atoms with Crippen molar-refractivity contribution in [2.24, 2.45) is 0 Å². The van der Waals surface area contributed by atoms with Crippen LogP contribution >= 0.6 is 34.8 Å². The smallest absolute Gasteiger partial charge is 0.283 e. The molecular weight excluding hydrogens is 511 g/mol. The summed E-state index contributed by atoms with van der Waals surface area (Å²) in [5.41, 5.74) is 0.221. The van der Waals surface area contributed by atoms with Gasteiger partial charge in [-0.2, -0.15) is 0 Å². The molecule has 1 aliphatic rings. The number of rotatable bonds is 6. The highest BCUT2D eigenvalue weighted by atomic mass is 35.5. The fraction of sp³-hybridized carbons (Fsp3) is 0. The minimum absolute atomic E-state index is 0.0257. The van der Waals surface area contributed by atoms with E-state index in [1.165, 1.54) is 48.7 Å². The number of carbonyl (C=O) groups is 2. The Bertz CT molecular complexity index is 1390. The third kappa shape index (κ3) is 4.53. The van der Waals surface area contributed by atoms with Gasteiger partial charge in [0.1, 0.15) is 10.7 Å². The Kier molecular flexibility index (Phi) is 6.31. The summed E-state index contributed by atoms with van der Waals surface area (Å²) in [6.45, 7) is 0. The lowest BCUT2D eigenvalue weighted by atomic mass is 10.3. The molecule has 1 aromatic heterocycles. The molecule has 4 rings (SSSR count). The molecule has 12 heteroatoms. The first-order chi connectivity index (χ1) is 15.7. The SMILES string of the molecule is O=C1C(Cl)=C(Nc2ccc(S(=O)(=O)[N-]c3ccccn3)cc2)C(=O)N1c1cccc(Cl)c1Cl. The first-order valence-corrected chi connectivity index (χ1v) is 11.7. The molecule has 0 saturated carbocycles. The summed E-state index contributed by atoms with van der Waals surface area (Å²) in [5, 5.41) is 2.60. The van der Waals surface area contributed by atoms with E-state index < -0.39 is 21.8 Å². The van der Waals surface area contributed by atoms with Crippen molar-refractivity contribution in [2.75, 3.05) is 10.2 Å². The van der Waals surface area contributed by atoms with Crippen molar-refractivity contribution in [2.45, 2.75) is 4.90 Å². The Labute approximate surface area is 203 Å². The van der Waals surface area contributed by atoms with Crippen LogP contribution in [0.5, 0.6) is 0 Å². The number of benzene rings is 2. The number of nitrogens with one attached hydrogen (secondary N) is 1. The highest BCUT2D eigenvalue weighted by Gasteiger charge is 2.40. The Morgan fingerprint density at radius 1 is 0.879 bits per heavy atom. The number of sulfonamides is 1. The van der Waals surface area contributed by atoms with Crippen molar-refractivity contribution in [3.63, 3.8) is 0 Å². The largest absolute Gasteiger partial charge is 0.442 e. The van der Waals surface area contributed by atoms with Gasteiger partial charge in [0.05, 0.1) is 20.6 Å². The van der Waals surface area contributed by atoms with Crippen molar-refractivity contribution in [1.29, 1.82) is 0 Å². The fourth-order valence-electron chi connectivity index (χ4n) is 2.93. The number of aromatic nitrogens is 1. The van der Waals surface area contributed by atoms with Gasteiger partial charge in [-0.1, -0.05) is 65.3 Å². The average Bonchev–Trinajstić information content (AvgIpc) is 3.00. The number of nitrogens with zero attached hydrogens (tertiary/aromatic N) is 3. The molecule has 0 atom stereocenters. The van der Waals surface area contributed by atoms with Crippen molar-refractivity contribution in [3.8, 4) is 0 Å². The van der Waals surface area contributed by atoms with Crippen LogP contribution in [0.25, 0.3) is 4.72 Å². The number of carbonyl (C=O) groups excluding carboxylic acids is 2. The molecule has 0 aliphatic carbocycles. The second kappa shape index (κ2) is 9.03. The normalized spacial score (nSPS) is 14.1. The molecule has 0 fully saturated rings. The number of imide groups is 1. The molecule has 2 heterocycles. The second-order valence-electron chi connectivity index (χ2n) is 6.61. The average molecular weight is 523 g/mol. The fourth-order valence-corrected chi connectivity index (χ4v) is 4.47. The topological polar surface area (TPSA) is 111 Å². The van der Waals surface area contributed by atoms with Crippen LogP contribution in [0, 0.1) is 0 Å². The highest BCUT2D eigenvalue weighted by Crippen LogP contribution is 2.37. The number of hydrogen-bond acceptors (Lipinski definition) is 6. The van der Waals surface area contributed by atoms with E-state index in [4.69, 9.17) is 34.8 Å². The predicted molar refractivity (Wildman–Crippen MR) is 126 cm³/mol. The van der Waals surface area contributed by atoms with Gasteiger partial charge in [-0.25, -0.2) is 13.3 Å². The standard InChI is InChI=1S/C21H13Cl3N4O4S/c22-14-4-3-5-15(17(14)23)28-20(29)18(24)19(21(28)30)26-12-7-9-13(10-8-12)33(31,32)27-16-6-1-2-11-25-16/h1-11H,(H2,25,26,27,29)/p-1. The van der Waals surface area contributed by atoms with E-state index in [9.17, 15) is 18.0 Å². The van der Waals surface area contributed by atoms with Crippen LogP contribution in [0.4, 0.5) is 17.2 Å². The Morgan fingerprint density at radius 2 is 1.61 bits per heavy atom. The summed E-state index contributed by atoms with van der Waals surface area (Å²) in [6, 6.07) is 14.6. The maximum atomic E-state index is 12.9. The number of anilines is 2. The van der Waals surface area contributed by atoms with Gasteiger partial charge in [0.15, 0.2) is 0 Å². The van der Waals surface area contributed by atoms with Crippen LogP contribution in [0.3, 0.4) is 0 Å². The lowest BCUT2D eigenvalue weighted by Crippen LogP contribution is -2.32. The molecule has 1 aliphatic heterocycles. The quantitative estimate of drug-likeness (QED) is 0.445. The van der Waals surface area contributed by atoms with Crippen molar-refractivity contribution in [1.82, 2.24) is 4.98 Å². The van der Waals surface area contributed by atoms with Gasteiger partial charge < -0.3 is 15.0 Å². The zero-order valence-corrected chi connectivity index (χ0v) is 19.5. The minimum Gasteiger partial charge on any atom is -0.442 e. The molecule has 168 valence electrons. The third-order valence-electron chi connectivity index (χ3n) is 4.48. The van der Waals surface area contributed by atoms with Crippen LogP contribution < -0.4 is 10.2 Å². The molecule has 0 unspecified atom stereocenters. The van der Waals surface area contributed by atoms with E-state index in [-0.39, 0.29) is 37.2 Å². The highest BCUT2D eigenvalue weighted by molar-refractivity contribution is 7.94. The van der Waals surface area contributed by atoms with Gasteiger partial charge in [0.2, 0.25) is 10.0 Å². The zero-order valence-electron chi connectivity index (χ0n) is 16.4. The molecule has 2 amide bonds. The predicted octanol–water partition coefficient (Wildman–Crippen LogP) is 5.22. The number of pyridine rings is 1. The van der Waals surface area contributed by atoms with Crippen molar-refractivity contribution >= 4 is 73.8 Å². The molecule has 0 radical (unpaired) electrons. The van der Waals surface area contributed by atoms with E-state index in [0.717, 1.165) is 4.90 Å². The van der Waals surface area contributed by atoms with Gasteiger partial charge >= 0.3 is 0 Å². The molecular formula is C21H12Cl3N4O4S-. The molecule has 33 heavy (non-hydrogen) atoms. The molecule has 3 aromatic rings. The maximum absolute atomic E-state index is 12.9. The minimum atomic E-state index is -4.00. The summed E-state index contributed by atoms with van der Waals surface area (Å²) in [4.78, 5) is 30.1. The van der Waals surface area contributed by atoms with E-state index in [0.29, 0.717) is 5.69 Å². The Hall–Kier alpha value is -3.11. The van der Waals surface area contributed by atoms with Gasteiger partial charge in [-0.15, -0.1) is 0 Å². The number of amides is 2. The van der Waals surface area contributed by atoms with E-state index in [1.807, 2.05) is 0 Å². The molecule has 2 aromatic carbocycles. The molecule has 0 spiro atoms. The first kappa shape index (κ1) is 23.1. The monoisotopic (exact) mass is 521 g/mol. The third-order valence-corrected chi connectivity index (χ3v) is 6.94. The molecule has 8 nitrogen and oxygen atoms in total. The van der Waals surface area contributed by atoms with Crippen LogP contribution in [0.1, 0.15) is 0 Å². The van der Waals surface area contributed by atoms with E-state index in [2.05, 4.69) is 15.0 Å². The maximum Gasteiger partial charge on any atom is 0.283 e. The molecule has 0 bridgehead atoms. The van der Waals surface area contributed by atoms with Gasteiger partial charge in [-0.05, 0) is 42.2 Å². The van der Waals surface area contributed by atoms with E-state index in [1.54, 1.807) is 18.2 Å². The first-order valence-electron chi connectivity index (χ1n) is 9.18.